The molecule has 4 N–H and O–H groups in total. The molecule has 0 bridgehead atoms. The van der Waals surface area contributed by atoms with Crippen LogP contribution in [0.3, 0.4) is 0 Å². The van der Waals surface area contributed by atoms with Crippen molar-refractivity contribution in [2.75, 3.05) is 13.1 Å². The van der Waals surface area contributed by atoms with Gasteiger partial charge in [0.05, 0.1) is 0 Å². The summed E-state index contributed by atoms with van der Waals surface area (Å²) < 4.78 is 0. The fourth-order valence-electron chi connectivity index (χ4n) is 4.26. The van der Waals surface area contributed by atoms with Crippen LogP contribution in [0.1, 0.15) is 59.3 Å². The molecule has 218 valence electrons. The average Bonchev–Trinajstić information content (AvgIpc) is 3.21. The Morgan fingerprint density at radius 2 is 1.02 bits per heavy atom. The maximum absolute atomic E-state index is 12.3. The lowest BCUT2D eigenvalue weighted by atomic mass is 10.0. The Balaban J connectivity index is 1.63. The third-order valence-corrected chi connectivity index (χ3v) is 6.29. The van der Waals surface area contributed by atoms with E-state index >= 15 is 0 Å². The van der Waals surface area contributed by atoms with Gasteiger partial charge in [0.25, 0.3) is 0 Å². The average molecular weight is 561 g/mol. The van der Waals surface area contributed by atoms with E-state index in [9.17, 15) is 38.4 Å². The number of likely N-dealkylation sites (tertiary alicyclic amines) is 2. The van der Waals surface area contributed by atoms with Crippen LogP contribution in [0.2, 0.25) is 0 Å². The number of imide groups is 2. The van der Waals surface area contributed by atoms with Gasteiger partial charge in [-0.05, 0) is 5.92 Å². The first-order valence-electron chi connectivity index (χ1n) is 12.9. The highest BCUT2D eigenvalue weighted by molar-refractivity contribution is 6.04. The largest absolute Gasteiger partial charge is 0.313 e. The normalized spacial score (nSPS) is 19.4. The zero-order valence-electron chi connectivity index (χ0n) is 23.0. The third kappa shape index (κ3) is 9.43. The van der Waals surface area contributed by atoms with E-state index in [1.807, 2.05) is 0 Å². The van der Waals surface area contributed by atoms with Crippen molar-refractivity contribution in [1.29, 1.82) is 0 Å². The lowest BCUT2D eigenvalue weighted by Gasteiger charge is -2.16. The van der Waals surface area contributed by atoms with Gasteiger partial charge in [-0.2, -0.15) is 0 Å². The molecule has 2 fully saturated rings. The molecule has 0 aliphatic carbocycles. The van der Waals surface area contributed by atoms with Gasteiger partial charge in [0.15, 0.2) is 0 Å². The fraction of sp³-hybridized carbons (Fsp3) is 0.538. The first-order valence-corrected chi connectivity index (χ1v) is 12.9. The van der Waals surface area contributed by atoms with Crippen LogP contribution in [0, 0.1) is 17.8 Å². The standard InChI is InChI=1S/C26H36N6O8/c1-14(10-21(35)29-17(4)27-19(33)6-8-31-23(37)12-15(2)25(31)39)11-22(36)30-18(5)28-20(34)7-9-32-24(38)13-16(3)26(32)40/h14-16H,4-13H2,1-3H3,(H,27,33)(H,28,34)(H,29,35)(H,30,36). The van der Waals surface area contributed by atoms with Crippen molar-refractivity contribution in [3.05, 3.63) is 24.8 Å². The van der Waals surface area contributed by atoms with E-state index in [-0.39, 0.29) is 86.9 Å². The molecule has 0 saturated carbocycles. The Hall–Kier alpha value is -4.36. The fourth-order valence-corrected chi connectivity index (χ4v) is 4.26. The topological polar surface area (TPSA) is 191 Å². The second-order valence-corrected chi connectivity index (χ2v) is 10.1. The second kappa shape index (κ2) is 14.1. The van der Waals surface area contributed by atoms with Crippen molar-refractivity contribution in [2.24, 2.45) is 17.8 Å². The van der Waals surface area contributed by atoms with E-state index < -0.39 is 41.4 Å². The van der Waals surface area contributed by atoms with Gasteiger partial charge >= 0.3 is 0 Å². The molecule has 2 rings (SSSR count). The number of amides is 8. The molecule has 0 aromatic heterocycles. The number of nitrogens with one attached hydrogen (secondary N) is 4. The number of carbonyl (C=O) groups excluding carboxylic acids is 8. The first kappa shape index (κ1) is 31.9. The smallest absolute Gasteiger partial charge is 0.232 e. The highest BCUT2D eigenvalue weighted by Crippen LogP contribution is 2.19. The molecular weight excluding hydrogens is 524 g/mol. The molecule has 14 nitrogen and oxygen atoms in total. The minimum absolute atomic E-state index is 0.0654. The van der Waals surface area contributed by atoms with E-state index in [0.717, 1.165) is 9.80 Å². The molecule has 2 atom stereocenters. The van der Waals surface area contributed by atoms with E-state index in [2.05, 4.69) is 34.4 Å². The van der Waals surface area contributed by atoms with Crippen molar-refractivity contribution < 1.29 is 38.4 Å². The molecule has 2 saturated heterocycles. The summed E-state index contributed by atoms with van der Waals surface area (Å²) in [6, 6.07) is 0. The Morgan fingerprint density at radius 1 is 0.700 bits per heavy atom. The molecule has 2 aliphatic rings. The number of nitrogens with zero attached hydrogens (tertiary/aromatic N) is 2. The second-order valence-electron chi connectivity index (χ2n) is 10.1. The molecule has 0 radical (unpaired) electrons. The molecule has 2 aliphatic heterocycles. The van der Waals surface area contributed by atoms with Gasteiger partial charge in [0.2, 0.25) is 47.3 Å². The molecule has 2 unspecified atom stereocenters. The highest BCUT2D eigenvalue weighted by atomic mass is 16.2. The number of carbonyl (C=O) groups is 8. The summed E-state index contributed by atoms with van der Waals surface area (Å²) in [6.07, 6.45) is -0.217. The van der Waals surface area contributed by atoms with E-state index in [1.165, 1.54) is 0 Å². The minimum atomic E-state index is -0.536. The maximum Gasteiger partial charge on any atom is 0.232 e. The van der Waals surface area contributed by atoms with Gasteiger partial charge in [0.1, 0.15) is 11.6 Å². The lowest BCUT2D eigenvalue weighted by molar-refractivity contribution is -0.141. The van der Waals surface area contributed by atoms with E-state index in [4.69, 9.17) is 0 Å². The van der Waals surface area contributed by atoms with Gasteiger partial charge in [-0.25, -0.2) is 0 Å². The summed E-state index contributed by atoms with van der Waals surface area (Å²) >= 11 is 0. The van der Waals surface area contributed by atoms with Crippen LogP contribution in [0.15, 0.2) is 24.8 Å². The molecule has 0 aromatic carbocycles. The Morgan fingerprint density at radius 3 is 1.32 bits per heavy atom. The molecule has 0 aromatic rings. The van der Waals surface area contributed by atoms with Gasteiger partial charge in [-0.3, -0.25) is 48.2 Å². The van der Waals surface area contributed by atoms with Gasteiger partial charge < -0.3 is 21.3 Å². The molecule has 2 heterocycles. The highest BCUT2D eigenvalue weighted by Gasteiger charge is 2.36. The van der Waals surface area contributed by atoms with Crippen molar-refractivity contribution in [2.45, 2.75) is 59.3 Å². The molecule has 14 heteroatoms. The monoisotopic (exact) mass is 560 g/mol. The number of hydrogen-bond donors (Lipinski definition) is 4. The summed E-state index contributed by atoms with van der Waals surface area (Å²) in [5.41, 5.74) is 0. The molecule has 40 heavy (non-hydrogen) atoms. The van der Waals surface area contributed by atoms with Crippen LogP contribution in [0.5, 0.6) is 0 Å². The van der Waals surface area contributed by atoms with Gasteiger partial charge in [-0.1, -0.05) is 33.9 Å². The first-order chi connectivity index (χ1) is 18.7. The quantitative estimate of drug-likeness (QED) is 0.202. The SMILES string of the molecule is C=C(NC(=O)CCN1C(=O)CC(C)C1=O)NC(=O)CC(C)CC(=O)NC(=C)NC(=O)CCN1C(=O)CC(C)C1=O. The zero-order valence-corrected chi connectivity index (χ0v) is 23.0. The molecular formula is C26H36N6O8. The van der Waals surface area contributed by atoms with Crippen LogP contribution >= 0.6 is 0 Å². The summed E-state index contributed by atoms with van der Waals surface area (Å²) in [4.78, 5) is 98.1. The summed E-state index contributed by atoms with van der Waals surface area (Å²) in [6.45, 7) is 11.9. The molecule has 0 spiro atoms. The van der Waals surface area contributed by atoms with E-state index in [1.54, 1.807) is 20.8 Å². The number of rotatable bonds is 14. The van der Waals surface area contributed by atoms with Crippen molar-refractivity contribution in [1.82, 2.24) is 31.1 Å². The van der Waals surface area contributed by atoms with Crippen LogP contribution in [-0.4, -0.2) is 70.1 Å². The van der Waals surface area contributed by atoms with Gasteiger partial charge in [0, 0.05) is 63.5 Å². The van der Waals surface area contributed by atoms with Crippen molar-refractivity contribution in [3.63, 3.8) is 0 Å². The number of hydrogen-bond acceptors (Lipinski definition) is 8. The van der Waals surface area contributed by atoms with Crippen LogP contribution in [0.25, 0.3) is 0 Å². The Kier molecular flexibility index (Phi) is 11.3. The van der Waals surface area contributed by atoms with Gasteiger partial charge in [-0.15, -0.1) is 0 Å². The lowest BCUT2D eigenvalue weighted by Crippen LogP contribution is -2.39. The summed E-state index contributed by atoms with van der Waals surface area (Å²) in [5.74, 6) is -4.77. The predicted octanol–water partition coefficient (Wildman–Crippen LogP) is -0.620. The predicted molar refractivity (Wildman–Crippen MR) is 139 cm³/mol. The third-order valence-electron chi connectivity index (χ3n) is 6.29. The van der Waals surface area contributed by atoms with Crippen LogP contribution in [0.4, 0.5) is 0 Å². The van der Waals surface area contributed by atoms with Crippen molar-refractivity contribution >= 4 is 47.3 Å². The summed E-state index contributed by atoms with van der Waals surface area (Å²) in [5, 5.41) is 9.58. The zero-order chi connectivity index (χ0) is 30.1. The van der Waals surface area contributed by atoms with E-state index in [0.29, 0.717) is 0 Å². The maximum atomic E-state index is 12.3. The van der Waals surface area contributed by atoms with Crippen molar-refractivity contribution in [3.8, 4) is 0 Å². The van der Waals surface area contributed by atoms with Crippen LogP contribution < -0.4 is 21.3 Å². The Labute approximate surface area is 231 Å². The summed E-state index contributed by atoms with van der Waals surface area (Å²) in [7, 11) is 0. The minimum Gasteiger partial charge on any atom is -0.313 e. The van der Waals surface area contributed by atoms with Crippen LogP contribution in [-0.2, 0) is 38.4 Å². The molecule has 8 amide bonds. The Bertz CT molecular complexity index is 1050.